The molecule has 1 aromatic heterocycles. The molecule has 5 heteroatoms. The summed E-state index contributed by atoms with van der Waals surface area (Å²) >= 11 is 0. The van der Waals surface area contributed by atoms with Crippen LogP contribution in [0.3, 0.4) is 0 Å². The van der Waals surface area contributed by atoms with Gasteiger partial charge in [-0.2, -0.15) is 0 Å². The number of imidazole rings is 1. The third-order valence-corrected chi connectivity index (χ3v) is 2.90. The third kappa shape index (κ3) is 3.35. The van der Waals surface area contributed by atoms with Gasteiger partial charge in [0.25, 0.3) is 0 Å². The summed E-state index contributed by atoms with van der Waals surface area (Å²) in [6.07, 6.45) is 5.45. The Labute approximate surface area is 118 Å². The van der Waals surface area contributed by atoms with Crippen LogP contribution < -0.4 is 4.74 Å². The van der Waals surface area contributed by atoms with E-state index in [2.05, 4.69) is 16.5 Å². The fraction of sp³-hybridized carbons (Fsp3) is 0.286. The number of methoxy groups -OCH3 is 1. The van der Waals surface area contributed by atoms with Crippen LogP contribution in [0.15, 0.2) is 30.6 Å². The van der Waals surface area contributed by atoms with Gasteiger partial charge in [0.05, 0.1) is 13.7 Å². The summed E-state index contributed by atoms with van der Waals surface area (Å²) in [6, 6.07) is 5.43. The summed E-state index contributed by atoms with van der Waals surface area (Å²) in [7, 11) is 1.63. The van der Waals surface area contributed by atoms with Crippen molar-refractivity contribution >= 4 is 18.7 Å². The van der Waals surface area contributed by atoms with Crippen LogP contribution in [0.5, 0.6) is 5.75 Å². The molecular formula is C14H17ClN2O2. The number of halogens is 1. The molecule has 0 saturated carbocycles. The molecule has 102 valence electrons. The number of benzene rings is 1. The van der Waals surface area contributed by atoms with Crippen LogP contribution in [0.25, 0.3) is 0 Å². The smallest absolute Gasteiger partial charge is 0.150 e. The molecule has 0 amide bonds. The summed E-state index contributed by atoms with van der Waals surface area (Å²) < 4.78 is 7.38. The van der Waals surface area contributed by atoms with Crippen LogP contribution in [0.4, 0.5) is 0 Å². The number of rotatable bonds is 5. The molecule has 0 N–H and O–H groups in total. The molecular weight excluding hydrogens is 264 g/mol. The van der Waals surface area contributed by atoms with Crippen LogP contribution >= 0.6 is 12.4 Å². The van der Waals surface area contributed by atoms with E-state index in [-0.39, 0.29) is 12.4 Å². The quantitative estimate of drug-likeness (QED) is 0.791. The van der Waals surface area contributed by atoms with Gasteiger partial charge in [-0.05, 0) is 18.2 Å². The van der Waals surface area contributed by atoms with E-state index in [1.54, 1.807) is 19.4 Å². The lowest BCUT2D eigenvalue weighted by atomic mass is 10.1. The summed E-state index contributed by atoms with van der Waals surface area (Å²) in [5, 5.41) is 0. The number of hydrogen-bond donors (Lipinski definition) is 0. The first kappa shape index (κ1) is 15.2. The van der Waals surface area contributed by atoms with Crippen LogP contribution in [0.2, 0.25) is 0 Å². The average Bonchev–Trinajstić information content (AvgIpc) is 2.86. The summed E-state index contributed by atoms with van der Waals surface area (Å²) in [5.41, 5.74) is 1.64. The lowest BCUT2D eigenvalue weighted by Crippen LogP contribution is -2.05. The monoisotopic (exact) mass is 280 g/mol. The van der Waals surface area contributed by atoms with Crippen LogP contribution in [0.1, 0.15) is 28.7 Å². The van der Waals surface area contributed by atoms with Crippen molar-refractivity contribution in [3.8, 4) is 5.75 Å². The minimum atomic E-state index is 0. The maximum Gasteiger partial charge on any atom is 0.150 e. The molecule has 4 nitrogen and oxygen atoms in total. The van der Waals surface area contributed by atoms with Gasteiger partial charge in [-0.15, -0.1) is 12.4 Å². The maximum absolute atomic E-state index is 10.8. The number of aromatic nitrogens is 2. The normalized spacial score (nSPS) is 9.79. The van der Waals surface area contributed by atoms with Crippen molar-refractivity contribution in [3.63, 3.8) is 0 Å². The molecule has 1 aromatic carbocycles. The van der Waals surface area contributed by atoms with Crippen molar-refractivity contribution in [1.29, 1.82) is 0 Å². The van der Waals surface area contributed by atoms with Gasteiger partial charge >= 0.3 is 0 Å². The minimum Gasteiger partial charge on any atom is -0.496 e. The number of aldehydes is 1. The summed E-state index contributed by atoms with van der Waals surface area (Å²) in [5.74, 6) is 1.81. The van der Waals surface area contributed by atoms with Gasteiger partial charge in [-0.25, -0.2) is 4.98 Å². The van der Waals surface area contributed by atoms with E-state index in [4.69, 9.17) is 4.74 Å². The van der Waals surface area contributed by atoms with Gasteiger partial charge in [0, 0.05) is 29.9 Å². The largest absolute Gasteiger partial charge is 0.496 e. The third-order valence-electron chi connectivity index (χ3n) is 2.90. The highest BCUT2D eigenvalue weighted by atomic mass is 35.5. The van der Waals surface area contributed by atoms with Gasteiger partial charge in [0.2, 0.25) is 0 Å². The molecule has 0 bridgehead atoms. The van der Waals surface area contributed by atoms with E-state index in [1.807, 2.05) is 18.3 Å². The predicted octanol–water partition coefficient (Wildman–Crippen LogP) is 2.74. The van der Waals surface area contributed by atoms with Gasteiger partial charge in [0.1, 0.15) is 17.9 Å². The fourth-order valence-corrected chi connectivity index (χ4v) is 1.98. The van der Waals surface area contributed by atoms with Crippen molar-refractivity contribution in [2.75, 3.05) is 7.11 Å². The number of aryl methyl sites for hydroxylation is 1. The second kappa shape index (κ2) is 6.95. The summed E-state index contributed by atoms with van der Waals surface area (Å²) in [6.45, 7) is 2.73. The minimum absolute atomic E-state index is 0. The molecule has 2 aromatic rings. The van der Waals surface area contributed by atoms with E-state index in [0.717, 1.165) is 29.8 Å². The Morgan fingerprint density at radius 2 is 2.21 bits per heavy atom. The highest BCUT2D eigenvalue weighted by molar-refractivity contribution is 5.85. The van der Waals surface area contributed by atoms with Gasteiger partial charge in [-0.3, -0.25) is 4.79 Å². The topological polar surface area (TPSA) is 44.1 Å². The number of carbonyl (C=O) groups excluding carboxylic acids is 1. The molecule has 0 saturated heterocycles. The number of ether oxygens (including phenoxy) is 1. The van der Waals surface area contributed by atoms with E-state index >= 15 is 0 Å². The second-order valence-electron chi connectivity index (χ2n) is 4.01. The Kier molecular flexibility index (Phi) is 5.57. The Morgan fingerprint density at radius 3 is 2.84 bits per heavy atom. The molecule has 0 aliphatic rings. The first-order valence-corrected chi connectivity index (χ1v) is 5.90. The lowest BCUT2D eigenvalue weighted by Gasteiger charge is -2.11. The molecule has 0 spiro atoms. The van der Waals surface area contributed by atoms with E-state index in [9.17, 15) is 4.79 Å². The van der Waals surface area contributed by atoms with Crippen molar-refractivity contribution < 1.29 is 9.53 Å². The zero-order valence-electron chi connectivity index (χ0n) is 11.0. The van der Waals surface area contributed by atoms with Crippen molar-refractivity contribution in [2.45, 2.75) is 19.9 Å². The molecule has 2 rings (SSSR count). The van der Waals surface area contributed by atoms with Gasteiger partial charge < -0.3 is 9.30 Å². The Bertz CT molecular complexity index is 552. The second-order valence-corrected chi connectivity index (χ2v) is 4.01. The molecule has 0 unspecified atom stereocenters. The van der Waals surface area contributed by atoms with E-state index in [1.165, 1.54) is 0 Å². The lowest BCUT2D eigenvalue weighted by molar-refractivity contribution is 0.112. The van der Waals surface area contributed by atoms with Crippen molar-refractivity contribution in [3.05, 3.63) is 47.5 Å². The zero-order valence-corrected chi connectivity index (χ0v) is 11.8. The van der Waals surface area contributed by atoms with Crippen LogP contribution in [0, 0.1) is 0 Å². The SMILES string of the molecule is CCc1nccn1Cc1cc(C=O)ccc1OC.Cl. The Morgan fingerprint density at radius 1 is 1.42 bits per heavy atom. The molecule has 0 aliphatic carbocycles. The Hall–Kier alpha value is -1.81. The number of carbonyl (C=O) groups is 1. The number of hydrogen-bond acceptors (Lipinski definition) is 3. The highest BCUT2D eigenvalue weighted by Gasteiger charge is 2.07. The van der Waals surface area contributed by atoms with Crippen LogP contribution in [-0.4, -0.2) is 22.9 Å². The van der Waals surface area contributed by atoms with Crippen LogP contribution in [-0.2, 0) is 13.0 Å². The standard InChI is InChI=1S/C14H16N2O2.ClH/c1-3-14-15-6-7-16(14)9-12-8-11(10-17)4-5-13(12)18-2;/h4-8,10H,3,9H2,1-2H3;1H. The van der Waals surface area contributed by atoms with Crippen molar-refractivity contribution in [1.82, 2.24) is 9.55 Å². The van der Waals surface area contributed by atoms with E-state index in [0.29, 0.717) is 12.1 Å². The van der Waals surface area contributed by atoms with Gasteiger partial charge in [0.15, 0.2) is 0 Å². The molecule has 0 atom stereocenters. The first-order valence-electron chi connectivity index (χ1n) is 5.90. The molecule has 19 heavy (non-hydrogen) atoms. The summed E-state index contributed by atoms with van der Waals surface area (Å²) in [4.78, 5) is 15.1. The molecule has 0 fully saturated rings. The molecule has 0 aliphatic heterocycles. The fourth-order valence-electron chi connectivity index (χ4n) is 1.98. The van der Waals surface area contributed by atoms with Gasteiger partial charge in [-0.1, -0.05) is 6.92 Å². The number of nitrogens with zero attached hydrogens (tertiary/aromatic N) is 2. The van der Waals surface area contributed by atoms with Crippen molar-refractivity contribution in [2.24, 2.45) is 0 Å². The Balaban J connectivity index is 0.00000180. The molecule has 1 heterocycles. The zero-order chi connectivity index (χ0) is 13.0. The molecule has 0 radical (unpaired) electrons. The van der Waals surface area contributed by atoms with E-state index < -0.39 is 0 Å². The predicted molar refractivity (Wildman–Crippen MR) is 76.3 cm³/mol. The highest BCUT2D eigenvalue weighted by Crippen LogP contribution is 2.21. The first-order chi connectivity index (χ1) is 8.78. The maximum atomic E-state index is 10.8. The average molecular weight is 281 g/mol.